The van der Waals surface area contributed by atoms with Gasteiger partial charge < -0.3 is 14.7 Å². The first-order chi connectivity index (χ1) is 9.11. The Morgan fingerprint density at radius 1 is 1.58 bits per heavy atom. The predicted molar refractivity (Wildman–Crippen MR) is 70.0 cm³/mol. The van der Waals surface area contributed by atoms with Crippen molar-refractivity contribution in [3.8, 4) is 0 Å². The summed E-state index contributed by atoms with van der Waals surface area (Å²) in [6.45, 7) is 3.52. The highest BCUT2D eigenvalue weighted by atomic mass is 19.1. The molecule has 0 fully saturated rings. The number of hydrogen-bond acceptors (Lipinski definition) is 3. The first-order valence-electron chi connectivity index (χ1n) is 6.49. The van der Waals surface area contributed by atoms with Gasteiger partial charge in [0.05, 0.1) is 0 Å². The molecule has 0 aromatic heterocycles. The molecule has 2 rings (SSSR count). The number of carbonyl (C=O) groups is 1. The highest BCUT2D eigenvalue weighted by Crippen LogP contribution is 2.28. The van der Waals surface area contributed by atoms with Gasteiger partial charge in [-0.3, -0.25) is 0 Å². The Morgan fingerprint density at radius 2 is 2.37 bits per heavy atom. The molecule has 1 heterocycles. The van der Waals surface area contributed by atoms with Crippen molar-refractivity contribution >= 4 is 11.7 Å². The van der Waals surface area contributed by atoms with Crippen LogP contribution in [0, 0.1) is 5.82 Å². The summed E-state index contributed by atoms with van der Waals surface area (Å²) in [4.78, 5) is 13.0. The van der Waals surface area contributed by atoms with E-state index in [9.17, 15) is 9.18 Å². The number of halogens is 1. The quantitative estimate of drug-likeness (QED) is 0.857. The van der Waals surface area contributed by atoms with E-state index >= 15 is 0 Å². The van der Waals surface area contributed by atoms with E-state index in [4.69, 9.17) is 9.84 Å². The van der Waals surface area contributed by atoms with Gasteiger partial charge in [-0.2, -0.15) is 0 Å². The molecule has 0 aliphatic carbocycles. The number of rotatable bonds is 6. The molecule has 4 nitrogen and oxygen atoms in total. The second-order valence-corrected chi connectivity index (χ2v) is 4.58. The van der Waals surface area contributed by atoms with E-state index in [0.29, 0.717) is 19.6 Å². The maximum absolute atomic E-state index is 13.2. The zero-order valence-electron chi connectivity index (χ0n) is 10.9. The Balaban J connectivity index is 1.98. The lowest BCUT2D eigenvalue weighted by atomic mass is 10.1. The normalized spacial score (nSPS) is 15.4. The Hall–Kier alpha value is -1.62. The average Bonchev–Trinajstić information content (AvgIpc) is 2.76. The largest absolute Gasteiger partial charge is 0.479 e. The second-order valence-electron chi connectivity index (χ2n) is 4.58. The van der Waals surface area contributed by atoms with Gasteiger partial charge in [0, 0.05) is 31.8 Å². The summed E-state index contributed by atoms with van der Waals surface area (Å²) in [5, 5.41) is 9.01. The van der Waals surface area contributed by atoms with Crippen LogP contribution >= 0.6 is 0 Å². The summed E-state index contributed by atoms with van der Waals surface area (Å²) in [5.41, 5.74) is 1.99. The van der Waals surface area contributed by atoms with Crippen LogP contribution in [-0.4, -0.2) is 36.9 Å². The van der Waals surface area contributed by atoms with Gasteiger partial charge in [0.2, 0.25) is 0 Å². The SMILES string of the molecule is CCOC(CCN1CCc2ccc(F)cc21)C(=O)O. The average molecular weight is 267 g/mol. The third-order valence-corrected chi connectivity index (χ3v) is 3.34. The van der Waals surface area contributed by atoms with E-state index in [1.54, 1.807) is 13.0 Å². The number of hydrogen-bond donors (Lipinski definition) is 1. The molecule has 5 heteroatoms. The van der Waals surface area contributed by atoms with Crippen LogP contribution in [0.25, 0.3) is 0 Å². The summed E-state index contributed by atoms with van der Waals surface area (Å²) in [6.07, 6.45) is 0.490. The lowest BCUT2D eigenvalue weighted by molar-refractivity contribution is -0.150. The molecule has 0 amide bonds. The first kappa shape index (κ1) is 13.8. The molecule has 104 valence electrons. The van der Waals surface area contributed by atoms with Gasteiger partial charge in [-0.25, -0.2) is 9.18 Å². The van der Waals surface area contributed by atoms with Crippen LogP contribution in [0.3, 0.4) is 0 Å². The van der Waals surface area contributed by atoms with E-state index in [-0.39, 0.29) is 5.82 Å². The molecule has 0 bridgehead atoms. The molecular formula is C14H18FNO3. The molecule has 0 saturated heterocycles. The lowest BCUT2D eigenvalue weighted by Crippen LogP contribution is -2.31. The molecule has 19 heavy (non-hydrogen) atoms. The second kappa shape index (κ2) is 6.02. The minimum absolute atomic E-state index is 0.259. The zero-order chi connectivity index (χ0) is 13.8. The summed E-state index contributed by atoms with van der Waals surface area (Å²) in [5.74, 6) is -1.20. The molecule has 1 unspecified atom stereocenters. The third kappa shape index (κ3) is 3.23. The Bertz CT molecular complexity index is 464. The van der Waals surface area contributed by atoms with E-state index < -0.39 is 12.1 Å². The van der Waals surface area contributed by atoms with Crippen molar-refractivity contribution in [2.75, 3.05) is 24.6 Å². The van der Waals surface area contributed by atoms with E-state index in [2.05, 4.69) is 0 Å². The Kier molecular flexibility index (Phi) is 4.37. The van der Waals surface area contributed by atoms with Crippen molar-refractivity contribution in [2.24, 2.45) is 0 Å². The van der Waals surface area contributed by atoms with Gasteiger partial charge in [0.1, 0.15) is 5.82 Å². The molecule has 1 aliphatic heterocycles. The molecule has 1 atom stereocenters. The number of ether oxygens (including phenoxy) is 1. The van der Waals surface area contributed by atoms with E-state index in [1.165, 1.54) is 12.1 Å². The van der Waals surface area contributed by atoms with Crippen molar-refractivity contribution in [2.45, 2.75) is 25.9 Å². The van der Waals surface area contributed by atoms with Crippen LogP contribution in [-0.2, 0) is 16.0 Å². The minimum Gasteiger partial charge on any atom is -0.479 e. The van der Waals surface area contributed by atoms with E-state index in [0.717, 1.165) is 24.2 Å². The number of benzene rings is 1. The zero-order valence-corrected chi connectivity index (χ0v) is 10.9. The van der Waals surface area contributed by atoms with E-state index in [1.807, 2.05) is 4.90 Å². The fourth-order valence-electron chi connectivity index (χ4n) is 2.40. The Labute approximate surface area is 111 Å². The number of carboxylic acid groups (broad SMARTS) is 1. The van der Waals surface area contributed by atoms with Gasteiger partial charge in [-0.15, -0.1) is 0 Å². The van der Waals surface area contributed by atoms with Crippen molar-refractivity contribution in [3.05, 3.63) is 29.6 Å². The van der Waals surface area contributed by atoms with Gasteiger partial charge in [-0.05, 0) is 31.0 Å². The number of nitrogens with zero attached hydrogens (tertiary/aromatic N) is 1. The number of carboxylic acids is 1. The highest BCUT2D eigenvalue weighted by Gasteiger charge is 2.23. The van der Waals surface area contributed by atoms with Crippen molar-refractivity contribution < 1.29 is 19.0 Å². The van der Waals surface area contributed by atoms with Crippen molar-refractivity contribution in [1.29, 1.82) is 0 Å². The summed E-state index contributed by atoms with van der Waals surface area (Å²) >= 11 is 0. The van der Waals surface area contributed by atoms with Crippen molar-refractivity contribution in [1.82, 2.24) is 0 Å². The minimum atomic E-state index is -0.944. The van der Waals surface area contributed by atoms with Gasteiger partial charge in [0.15, 0.2) is 6.10 Å². The number of fused-ring (bicyclic) bond motifs is 1. The standard InChI is InChI=1S/C14H18FNO3/c1-2-19-13(14(17)18)6-8-16-7-5-10-3-4-11(15)9-12(10)16/h3-4,9,13H,2,5-8H2,1H3,(H,17,18). The fourth-order valence-corrected chi connectivity index (χ4v) is 2.40. The maximum atomic E-state index is 13.2. The van der Waals surface area contributed by atoms with Crippen LogP contribution in [0.2, 0.25) is 0 Å². The van der Waals surface area contributed by atoms with Crippen LogP contribution in [0.1, 0.15) is 18.9 Å². The summed E-state index contributed by atoms with van der Waals surface area (Å²) in [6, 6.07) is 4.77. The molecule has 0 saturated carbocycles. The van der Waals surface area contributed by atoms with Crippen LogP contribution < -0.4 is 4.90 Å². The first-order valence-corrected chi connectivity index (χ1v) is 6.49. The van der Waals surface area contributed by atoms with Crippen LogP contribution in [0.4, 0.5) is 10.1 Å². The molecule has 1 N–H and O–H groups in total. The fraction of sp³-hybridized carbons (Fsp3) is 0.500. The van der Waals surface area contributed by atoms with Gasteiger partial charge in [-0.1, -0.05) is 6.07 Å². The lowest BCUT2D eigenvalue weighted by Gasteiger charge is -2.21. The number of anilines is 1. The molecular weight excluding hydrogens is 249 g/mol. The monoisotopic (exact) mass is 267 g/mol. The highest BCUT2D eigenvalue weighted by molar-refractivity contribution is 5.72. The topological polar surface area (TPSA) is 49.8 Å². The molecule has 0 radical (unpaired) electrons. The summed E-state index contributed by atoms with van der Waals surface area (Å²) < 4.78 is 18.4. The molecule has 1 aliphatic rings. The van der Waals surface area contributed by atoms with Gasteiger partial charge in [0.25, 0.3) is 0 Å². The van der Waals surface area contributed by atoms with Gasteiger partial charge >= 0.3 is 5.97 Å². The molecule has 1 aromatic rings. The third-order valence-electron chi connectivity index (χ3n) is 3.34. The Morgan fingerprint density at radius 3 is 3.05 bits per heavy atom. The number of aliphatic carboxylic acids is 1. The van der Waals surface area contributed by atoms with Crippen LogP contribution in [0.15, 0.2) is 18.2 Å². The predicted octanol–water partition coefficient (Wildman–Crippen LogP) is 2.07. The molecule has 0 spiro atoms. The smallest absolute Gasteiger partial charge is 0.332 e. The maximum Gasteiger partial charge on any atom is 0.332 e. The van der Waals surface area contributed by atoms with Crippen LogP contribution in [0.5, 0.6) is 0 Å². The van der Waals surface area contributed by atoms with Crippen molar-refractivity contribution in [3.63, 3.8) is 0 Å². The summed E-state index contributed by atoms with van der Waals surface area (Å²) in [7, 11) is 0. The molecule has 1 aromatic carbocycles.